The molecule has 0 radical (unpaired) electrons. The molecule has 1 aliphatic heterocycles. The normalized spacial score (nSPS) is 17.2. The number of amides is 1. The fourth-order valence-corrected chi connectivity index (χ4v) is 2.81. The molecule has 1 atom stereocenters. The molecule has 1 fully saturated rings. The molecule has 1 heterocycles. The Morgan fingerprint density at radius 2 is 1.95 bits per heavy atom. The molecule has 0 aromatic heterocycles. The summed E-state index contributed by atoms with van der Waals surface area (Å²) in [6, 6.07) is 7.67. The first kappa shape index (κ1) is 16.9. The number of ether oxygens (including phenoxy) is 1. The maximum atomic E-state index is 11.9. The molecule has 1 unspecified atom stereocenters. The zero-order valence-corrected chi connectivity index (χ0v) is 13.4. The Balaban J connectivity index is 1.91. The summed E-state index contributed by atoms with van der Waals surface area (Å²) in [7, 11) is 1.54. The van der Waals surface area contributed by atoms with Crippen LogP contribution in [0.2, 0.25) is 0 Å². The van der Waals surface area contributed by atoms with E-state index in [1.807, 2.05) is 6.07 Å². The molecule has 2 rings (SSSR count). The molecular formula is C17H27N3O2. The van der Waals surface area contributed by atoms with E-state index in [2.05, 4.69) is 28.4 Å². The van der Waals surface area contributed by atoms with Gasteiger partial charge in [-0.1, -0.05) is 30.7 Å². The van der Waals surface area contributed by atoms with Gasteiger partial charge in [0.2, 0.25) is 5.91 Å². The molecule has 1 aromatic carbocycles. The van der Waals surface area contributed by atoms with E-state index in [4.69, 9.17) is 10.5 Å². The Morgan fingerprint density at radius 1 is 1.27 bits per heavy atom. The number of carbonyl (C=O) groups is 1. The maximum Gasteiger partial charge on any atom is 0.239 e. The lowest BCUT2D eigenvalue weighted by Gasteiger charge is -2.27. The van der Waals surface area contributed by atoms with Crippen LogP contribution in [-0.2, 0) is 22.6 Å². The monoisotopic (exact) mass is 305 g/mol. The summed E-state index contributed by atoms with van der Waals surface area (Å²) in [5.41, 5.74) is 8.17. The van der Waals surface area contributed by atoms with Crippen molar-refractivity contribution in [2.24, 2.45) is 5.73 Å². The Kier molecular flexibility index (Phi) is 6.83. The minimum absolute atomic E-state index is 0.172. The van der Waals surface area contributed by atoms with Crippen LogP contribution in [0.4, 0.5) is 0 Å². The maximum absolute atomic E-state index is 11.9. The third-order valence-corrected chi connectivity index (χ3v) is 4.10. The molecule has 122 valence electrons. The third kappa shape index (κ3) is 5.09. The van der Waals surface area contributed by atoms with E-state index >= 15 is 0 Å². The summed E-state index contributed by atoms with van der Waals surface area (Å²) in [6.45, 7) is 4.04. The molecule has 5 nitrogen and oxygen atoms in total. The van der Waals surface area contributed by atoms with Crippen LogP contribution in [-0.4, -0.2) is 43.7 Å². The first-order valence-electron chi connectivity index (χ1n) is 8.02. The van der Waals surface area contributed by atoms with Gasteiger partial charge < -0.3 is 15.8 Å². The van der Waals surface area contributed by atoms with E-state index in [1.165, 1.54) is 37.9 Å². The third-order valence-electron chi connectivity index (χ3n) is 4.10. The first-order valence-corrected chi connectivity index (χ1v) is 8.02. The highest BCUT2D eigenvalue weighted by molar-refractivity contribution is 5.81. The van der Waals surface area contributed by atoms with Crippen molar-refractivity contribution >= 4 is 5.91 Å². The first-order chi connectivity index (χ1) is 10.7. The number of benzene rings is 1. The highest BCUT2D eigenvalue weighted by atomic mass is 16.5. The second-order valence-electron chi connectivity index (χ2n) is 5.89. The number of nitrogens with zero attached hydrogens (tertiary/aromatic N) is 1. The van der Waals surface area contributed by atoms with Crippen LogP contribution in [0.3, 0.4) is 0 Å². The van der Waals surface area contributed by atoms with Crippen LogP contribution in [0.1, 0.15) is 30.4 Å². The van der Waals surface area contributed by atoms with Gasteiger partial charge in [-0.2, -0.15) is 0 Å². The van der Waals surface area contributed by atoms with Gasteiger partial charge in [-0.25, -0.2) is 0 Å². The zero-order valence-electron chi connectivity index (χ0n) is 13.4. The molecule has 0 bridgehead atoms. The van der Waals surface area contributed by atoms with Crippen LogP contribution in [0.15, 0.2) is 24.3 Å². The van der Waals surface area contributed by atoms with Crippen molar-refractivity contribution in [3.05, 3.63) is 35.4 Å². The molecule has 1 amide bonds. The van der Waals surface area contributed by atoms with E-state index in [1.54, 1.807) is 7.11 Å². The summed E-state index contributed by atoms with van der Waals surface area (Å²) in [5.74, 6) is -0.172. The molecule has 1 saturated heterocycles. The van der Waals surface area contributed by atoms with Crippen molar-refractivity contribution in [3.63, 3.8) is 0 Å². The van der Waals surface area contributed by atoms with E-state index < -0.39 is 6.04 Å². The van der Waals surface area contributed by atoms with Gasteiger partial charge in [0.25, 0.3) is 0 Å². The highest BCUT2D eigenvalue weighted by Gasteiger charge is 2.15. The summed E-state index contributed by atoms with van der Waals surface area (Å²) in [6.07, 6.45) is 3.90. The van der Waals surface area contributed by atoms with Gasteiger partial charge in [-0.05, 0) is 37.1 Å². The molecule has 0 spiro atoms. The summed E-state index contributed by atoms with van der Waals surface area (Å²) in [5, 5.41) is 2.90. The number of hydrogen-bond donors (Lipinski definition) is 2. The van der Waals surface area contributed by atoms with Crippen LogP contribution in [0.5, 0.6) is 0 Å². The molecule has 0 aliphatic carbocycles. The predicted octanol–water partition coefficient (Wildman–Crippen LogP) is 1.26. The fraction of sp³-hybridized carbons (Fsp3) is 0.588. The lowest BCUT2D eigenvalue weighted by Crippen LogP contribution is -2.43. The van der Waals surface area contributed by atoms with Crippen molar-refractivity contribution in [3.8, 4) is 0 Å². The van der Waals surface area contributed by atoms with E-state index in [0.717, 1.165) is 12.1 Å². The molecule has 22 heavy (non-hydrogen) atoms. The lowest BCUT2D eigenvalue weighted by atomic mass is 10.0. The zero-order chi connectivity index (χ0) is 15.8. The van der Waals surface area contributed by atoms with Gasteiger partial charge in [0.1, 0.15) is 6.04 Å². The van der Waals surface area contributed by atoms with Crippen LogP contribution in [0, 0.1) is 0 Å². The number of nitrogens with two attached hydrogens (primary N) is 1. The number of rotatable bonds is 7. The number of carbonyl (C=O) groups excluding carboxylic acids is 1. The number of piperidine rings is 1. The van der Waals surface area contributed by atoms with Crippen LogP contribution in [0.25, 0.3) is 0 Å². The minimum atomic E-state index is -0.612. The van der Waals surface area contributed by atoms with Crippen molar-refractivity contribution in [1.82, 2.24) is 10.2 Å². The van der Waals surface area contributed by atoms with Gasteiger partial charge in [0, 0.05) is 20.2 Å². The Hall–Kier alpha value is -1.43. The van der Waals surface area contributed by atoms with Crippen molar-refractivity contribution < 1.29 is 9.53 Å². The summed E-state index contributed by atoms with van der Waals surface area (Å²) in [4.78, 5) is 14.4. The van der Waals surface area contributed by atoms with Gasteiger partial charge in [-0.3, -0.25) is 9.69 Å². The van der Waals surface area contributed by atoms with Crippen molar-refractivity contribution in [2.75, 3.05) is 26.8 Å². The van der Waals surface area contributed by atoms with E-state index in [9.17, 15) is 4.79 Å². The fourth-order valence-electron chi connectivity index (χ4n) is 2.81. The number of nitrogens with one attached hydrogen (secondary N) is 1. The number of hydrogen-bond acceptors (Lipinski definition) is 4. The summed E-state index contributed by atoms with van der Waals surface area (Å²) >= 11 is 0. The largest absolute Gasteiger partial charge is 0.383 e. The lowest BCUT2D eigenvalue weighted by molar-refractivity contribution is -0.123. The number of likely N-dealkylation sites (tertiary alicyclic amines) is 1. The van der Waals surface area contributed by atoms with Gasteiger partial charge in [0.05, 0.1) is 6.61 Å². The smallest absolute Gasteiger partial charge is 0.239 e. The second kappa shape index (κ2) is 8.88. The second-order valence-corrected chi connectivity index (χ2v) is 5.89. The van der Waals surface area contributed by atoms with E-state index in [0.29, 0.717) is 6.54 Å². The number of methoxy groups -OCH3 is 1. The molecule has 3 N–H and O–H groups in total. The highest BCUT2D eigenvalue weighted by Crippen LogP contribution is 2.16. The Labute approximate surface area is 132 Å². The topological polar surface area (TPSA) is 67.6 Å². The predicted molar refractivity (Wildman–Crippen MR) is 87.3 cm³/mol. The molecule has 1 aliphatic rings. The SMILES string of the molecule is COCC(N)C(=O)NCc1ccccc1CN1CCCCC1. The average Bonchev–Trinajstić information content (AvgIpc) is 2.55. The standard InChI is InChI=1S/C17H27N3O2/c1-22-13-16(18)17(21)19-11-14-7-3-4-8-15(14)12-20-9-5-2-6-10-20/h3-4,7-8,16H,2,5-6,9-13,18H2,1H3,(H,19,21). The van der Waals surface area contributed by atoms with Crippen molar-refractivity contribution in [1.29, 1.82) is 0 Å². The van der Waals surface area contributed by atoms with E-state index in [-0.39, 0.29) is 12.5 Å². The quantitative estimate of drug-likeness (QED) is 0.796. The summed E-state index contributed by atoms with van der Waals surface area (Å²) < 4.78 is 4.91. The van der Waals surface area contributed by atoms with Gasteiger partial charge >= 0.3 is 0 Å². The average molecular weight is 305 g/mol. The Bertz CT molecular complexity index is 473. The van der Waals surface area contributed by atoms with Crippen molar-refractivity contribution in [2.45, 2.75) is 38.4 Å². The van der Waals surface area contributed by atoms with Gasteiger partial charge in [-0.15, -0.1) is 0 Å². The minimum Gasteiger partial charge on any atom is -0.383 e. The molecule has 1 aromatic rings. The molecule has 0 saturated carbocycles. The molecular weight excluding hydrogens is 278 g/mol. The molecule has 5 heteroatoms. The van der Waals surface area contributed by atoms with Crippen LogP contribution >= 0.6 is 0 Å². The van der Waals surface area contributed by atoms with Crippen LogP contribution < -0.4 is 11.1 Å². The Morgan fingerprint density at radius 3 is 2.64 bits per heavy atom. The van der Waals surface area contributed by atoms with Gasteiger partial charge in [0.15, 0.2) is 0 Å².